The van der Waals surface area contributed by atoms with Crippen molar-refractivity contribution in [1.82, 2.24) is 0 Å². The van der Waals surface area contributed by atoms with Gasteiger partial charge in [-0.2, -0.15) is 0 Å². The topological polar surface area (TPSA) is 99.5 Å². The second-order valence-corrected chi connectivity index (χ2v) is 7.81. The van der Waals surface area contributed by atoms with Crippen LogP contribution < -0.4 is 9.80 Å². The van der Waals surface area contributed by atoms with Crippen LogP contribution in [0.2, 0.25) is 0 Å². The molecule has 2 N–H and O–H groups in total. The van der Waals surface area contributed by atoms with Crippen LogP contribution in [0.1, 0.15) is 28.8 Å². The number of amides is 1. The van der Waals surface area contributed by atoms with Crippen LogP contribution in [-0.4, -0.2) is 61.0 Å². The molecule has 2 saturated heterocycles. The molecule has 0 aliphatic carbocycles. The highest BCUT2D eigenvalue weighted by Gasteiger charge is 2.33. The van der Waals surface area contributed by atoms with Gasteiger partial charge in [0.1, 0.15) is 17.7 Å². The predicted octanol–water partition coefficient (Wildman–Crippen LogP) is 2.85. The molecule has 1 atom stereocenters. The first kappa shape index (κ1) is 22.0. The second kappa shape index (κ2) is 9.54. The Bertz CT molecular complexity index is 1010. The number of hydrogen-bond donors (Lipinski definition) is 2. The number of aromatic hydroxyl groups is 1. The normalized spacial score (nSPS) is 18.7. The lowest BCUT2D eigenvalue weighted by molar-refractivity contribution is 0.0939. The Hall–Kier alpha value is -3.17. The number of phenols is 1. The molecule has 1 amide bonds. The summed E-state index contributed by atoms with van der Waals surface area (Å²) in [5, 5.41) is 18.9. The van der Waals surface area contributed by atoms with E-state index in [1.807, 2.05) is 4.90 Å². The van der Waals surface area contributed by atoms with E-state index < -0.39 is 18.0 Å². The highest BCUT2D eigenvalue weighted by atomic mass is 19.1. The maximum atomic E-state index is 14.7. The third-order valence-electron chi connectivity index (χ3n) is 5.73. The van der Waals surface area contributed by atoms with Crippen LogP contribution in [0, 0.1) is 5.82 Å². The Kier molecular flexibility index (Phi) is 6.57. The highest BCUT2D eigenvalue weighted by Crippen LogP contribution is 2.29. The smallest absolute Gasteiger partial charge is 0.414 e. The summed E-state index contributed by atoms with van der Waals surface area (Å²) >= 11 is 0. The molecule has 32 heavy (non-hydrogen) atoms. The summed E-state index contributed by atoms with van der Waals surface area (Å²) < 4.78 is 25.4. The number of halogens is 1. The van der Waals surface area contributed by atoms with Crippen molar-refractivity contribution < 1.29 is 33.7 Å². The van der Waals surface area contributed by atoms with Crippen LogP contribution in [0.25, 0.3) is 0 Å². The van der Waals surface area contributed by atoms with Gasteiger partial charge in [-0.1, -0.05) is 0 Å². The quantitative estimate of drug-likeness (QED) is 0.634. The van der Waals surface area contributed by atoms with E-state index in [-0.39, 0.29) is 36.7 Å². The monoisotopic (exact) mass is 444 g/mol. The number of anilines is 2. The molecule has 2 aromatic rings. The van der Waals surface area contributed by atoms with Gasteiger partial charge < -0.3 is 24.6 Å². The van der Waals surface area contributed by atoms with E-state index in [1.165, 1.54) is 29.2 Å². The van der Waals surface area contributed by atoms with E-state index in [2.05, 4.69) is 0 Å². The number of ketones is 1. The van der Waals surface area contributed by atoms with Crippen LogP contribution >= 0.6 is 0 Å². The number of rotatable bonds is 7. The number of Topliss-reactive ketones (excluding diaryl/α,β-unsaturated/α-hetero) is 1. The molecular formula is C23H25FN2O6. The Balaban J connectivity index is 1.37. The second-order valence-electron chi connectivity index (χ2n) is 7.81. The molecule has 2 heterocycles. The van der Waals surface area contributed by atoms with Crippen LogP contribution in [-0.2, 0) is 16.1 Å². The number of ether oxygens (including phenoxy) is 2. The number of aliphatic hydroxyl groups excluding tert-OH is 1. The fraction of sp³-hybridized carbons (Fsp3) is 0.391. The molecule has 2 aliphatic heterocycles. The van der Waals surface area contributed by atoms with Crippen LogP contribution in [0.3, 0.4) is 0 Å². The molecule has 2 aliphatic rings. The van der Waals surface area contributed by atoms with E-state index >= 15 is 0 Å². The zero-order chi connectivity index (χ0) is 22.7. The average Bonchev–Trinajstić information content (AvgIpc) is 3.18. The number of carbonyl (C=O) groups excluding carboxylic acids is 2. The third-order valence-corrected chi connectivity index (χ3v) is 5.73. The number of hydrogen-bond acceptors (Lipinski definition) is 7. The fourth-order valence-corrected chi connectivity index (χ4v) is 3.93. The molecule has 0 aromatic heterocycles. The fourth-order valence-electron chi connectivity index (χ4n) is 3.93. The lowest BCUT2D eigenvalue weighted by Gasteiger charge is -2.29. The van der Waals surface area contributed by atoms with Crippen molar-refractivity contribution >= 4 is 23.3 Å². The first-order chi connectivity index (χ1) is 15.5. The molecule has 0 saturated carbocycles. The third kappa shape index (κ3) is 4.68. The van der Waals surface area contributed by atoms with Crippen LogP contribution in [0.15, 0.2) is 36.4 Å². The predicted molar refractivity (Wildman–Crippen MR) is 115 cm³/mol. The minimum absolute atomic E-state index is 0.0729. The van der Waals surface area contributed by atoms with Gasteiger partial charge in [-0.05, 0) is 42.8 Å². The van der Waals surface area contributed by atoms with Gasteiger partial charge in [0.15, 0.2) is 5.78 Å². The van der Waals surface area contributed by atoms with E-state index in [1.54, 1.807) is 12.1 Å². The van der Waals surface area contributed by atoms with E-state index in [0.29, 0.717) is 49.7 Å². The molecule has 0 radical (unpaired) electrons. The maximum Gasteiger partial charge on any atom is 0.414 e. The van der Waals surface area contributed by atoms with Gasteiger partial charge in [0.2, 0.25) is 0 Å². The van der Waals surface area contributed by atoms with E-state index in [9.17, 15) is 24.2 Å². The van der Waals surface area contributed by atoms with Crippen LogP contribution in [0.5, 0.6) is 5.75 Å². The average molecular weight is 444 g/mol. The minimum atomic E-state index is -0.576. The van der Waals surface area contributed by atoms with Gasteiger partial charge in [0, 0.05) is 30.6 Å². The lowest BCUT2D eigenvalue weighted by Crippen LogP contribution is -2.36. The summed E-state index contributed by atoms with van der Waals surface area (Å²) in [7, 11) is 0. The number of morpholine rings is 1. The van der Waals surface area contributed by atoms with E-state index in [0.717, 1.165) is 0 Å². The number of aliphatic hydroxyl groups is 1. The summed E-state index contributed by atoms with van der Waals surface area (Å²) in [5.41, 5.74) is 1.53. The van der Waals surface area contributed by atoms with Gasteiger partial charge in [-0.25, -0.2) is 9.18 Å². The minimum Gasteiger partial charge on any atom is -0.508 e. The first-order valence-corrected chi connectivity index (χ1v) is 10.5. The molecule has 0 spiro atoms. The van der Waals surface area contributed by atoms with E-state index in [4.69, 9.17) is 9.47 Å². The molecule has 2 fully saturated rings. The van der Waals surface area contributed by atoms with Gasteiger partial charge in [0.25, 0.3) is 0 Å². The molecule has 170 valence electrons. The maximum absolute atomic E-state index is 14.7. The zero-order valence-corrected chi connectivity index (χ0v) is 17.5. The van der Waals surface area contributed by atoms with Gasteiger partial charge in [-0.15, -0.1) is 0 Å². The Morgan fingerprint density at radius 3 is 2.66 bits per heavy atom. The van der Waals surface area contributed by atoms with Gasteiger partial charge in [0.05, 0.1) is 37.7 Å². The molecule has 8 nitrogen and oxygen atoms in total. The molecule has 0 bridgehead atoms. The van der Waals surface area contributed by atoms with Crippen molar-refractivity contribution in [3.63, 3.8) is 0 Å². The van der Waals surface area contributed by atoms with Crippen molar-refractivity contribution in [3.8, 4) is 5.75 Å². The number of carbonyl (C=O) groups is 2. The standard InChI is InChI=1S/C23H25FN2O6/c24-19-12-17(2-4-20(19)25-7-9-31-10-8-25)26-13-18(32-23(26)30)3-6-21(28)15-1-5-22(29)16(11-15)14-27/h1-2,4-5,11-12,18,27,29H,3,6-10,13-14H2/t18-/m0/s1. The van der Waals surface area contributed by atoms with Gasteiger partial charge >= 0.3 is 6.09 Å². The summed E-state index contributed by atoms with van der Waals surface area (Å²) in [6.07, 6.45) is -0.632. The number of benzene rings is 2. The highest BCUT2D eigenvalue weighted by molar-refractivity contribution is 5.96. The molecule has 4 rings (SSSR count). The number of cyclic esters (lactones) is 1. The van der Waals surface area contributed by atoms with Crippen molar-refractivity contribution in [2.45, 2.75) is 25.6 Å². The van der Waals surface area contributed by atoms with Crippen molar-refractivity contribution in [2.24, 2.45) is 0 Å². The number of nitrogens with zero attached hydrogens (tertiary/aromatic N) is 2. The van der Waals surface area contributed by atoms with Gasteiger partial charge in [-0.3, -0.25) is 9.69 Å². The Morgan fingerprint density at radius 2 is 1.94 bits per heavy atom. The molecule has 2 aromatic carbocycles. The Morgan fingerprint density at radius 1 is 1.16 bits per heavy atom. The lowest BCUT2D eigenvalue weighted by atomic mass is 10.0. The van der Waals surface area contributed by atoms with Crippen LogP contribution in [0.4, 0.5) is 20.6 Å². The zero-order valence-electron chi connectivity index (χ0n) is 17.5. The molecule has 0 unspecified atom stereocenters. The summed E-state index contributed by atoms with van der Waals surface area (Å²) in [4.78, 5) is 28.1. The van der Waals surface area contributed by atoms with Crippen molar-refractivity contribution in [2.75, 3.05) is 42.6 Å². The molecule has 9 heteroatoms. The van der Waals surface area contributed by atoms with Crippen molar-refractivity contribution in [3.05, 3.63) is 53.3 Å². The largest absolute Gasteiger partial charge is 0.508 e. The SMILES string of the molecule is O=C(CC[C@H]1CN(c2ccc(N3CCOCC3)c(F)c2)C(=O)O1)c1ccc(O)c(CO)c1. The summed E-state index contributed by atoms with van der Waals surface area (Å²) in [6, 6.07) is 8.98. The first-order valence-electron chi connectivity index (χ1n) is 10.5. The Labute approximate surface area is 184 Å². The summed E-state index contributed by atoms with van der Waals surface area (Å²) in [5.74, 6) is -0.672. The molecular weight excluding hydrogens is 419 g/mol. The summed E-state index contributed by atoms with van der Waals surface area (Å²) in [6.45, 7) is 2.16. The van der Waals surface area contributed by atoms with Crippen molar-refractivity contribution in [1.29, 1.82) is 0 Å².